The van der Waals surface area contributed by atoms with Gasteiger partial charge < -0.3 is 21.3 Å². The summed E-state index contributed by atoms with van der Waals surface area (Å²) in [5, 5.41) is 7.42. The number of hydrogen-bond donors (Lipinski definition) is 3. The Hall–Kier alpha value is -3.72. The summed E-state index contributed by atoms with van der Waals surface area (Å²) < 4.78 is 16.2. The number of likely N-dealkylation sites (N-methyl/N-ethyl adjacent to an activating group) is 1. The van der Waals surface area contributed by atoms with E-state index in [1.165, 1.54) is 12.1 Å². The fraction of sp³-hybridized carbons (Fsp3) is 0.500. The van der Waals surface area contributed by atoms with Gasteiger partial charge in [-0.25, -0.2) is 4.39 Å². The minimum absolute atomic E-state index is 0.0126. The first-order valence-electron chi connectivity index (χ1n) is 15.5. The summed E-state index contributed by atoms with van der Waals surface area (Å²) in [4.78, 5) is 40.7. The highest BCUT2D eigenvalue weighted by Crippen LogP contribution is 2.46. The zero-order valence-corrected chi connectivity index (χ0v) is 25.8. The van der Waals surface area contributed by atoms with Crippen LogP contribution in [0.15, 0.2) is 36.4 Å². The minimum atomic E-state index is -0.528. The van der Waals surface area contributed by atoms with Crippen LogP contribution >= 0.6 is 0 Å². The van der Waals surface area contributed by atoms with Crippen LogP contribution in [0.5, 0.6) is 0 Å². The number of nitrogens with two attached hydrogens (primary N) is 1. The van der Waals surface area contributed by atoms with Gasteiger partial charge in [-0.2, -0.15) is 0 Å². The molecule has 0 saturated heterocycles. The van der Waals surface area contributed by atoms with Gasteiger partial charge in [-0.1, -0.05) is 19.9 Å². The summed E-state index contributed by atoms with van der Waals surface area (Å²) in [6, 6.07) is 10.3. The number of nitrogens with one attached hydrogen (secondary N) is 2. The molecule has 1 aliphatic carbocycles. The van der Waals surface area contributed by atoms with Crippen LogP contribution < -0.4 is 16.4 Å². The second-order valence-electron chi connectivity index (χ2n) is 12.7. The van der Waals surface area contributed by atoms with Crippen LogP contribution in [0.3, 0.4) is 0 Å². The average Bonchev–Trinajstić information content (AvgIpc) is 3.30. The van der Waals surface area contributed by atoms with E-state index in [9.17, 15) is 18.8 Å². The van der Waals surface area contributed by atoms with Crippen LogP contribution in [0.1, 0.15) is 79.6 Å². The number of halogens is 1. The molecule has 0 unspecified atom stereocenters. The number of amides is 2. The van der Waals surface area contributed by atoms with Crippen molar-refractivity contribution in [2.75, 3.05) is 32.5 Å². The maximum absolute atomic E-state index is 14.5. The van der Waals surface area contributed by atoms with Gasteiger partial charge in [0.2, 0.25) is 11.8 Å². The van der Waals surface area contributed by atoms with E-state index >= 15 is 0 Å². The second kappa shape index (κ2) is 12.5. The van der Waals surface area contributed by atoms with Crippen molar-refractivity contribution in [3.8, 4) is 11.1 Å². The first kappa shape index (κ1) is 30.7. The molecule has 230 valence electrons. The van der Waals surface area contributed by atoms with E-state index in [0.29, 0.717) is 36.2 Å². The van der Waals surface area contributed by atoms with Crippen molar-refractivity contribution >= 4 is 34.3 Å². The van der Waals surface area contributed by atoms with Gasteiger partial charge in [0.1, 0.15) is 5.82 Å². The lowest BCUT2D eigenvalue weighted by Gasteiger charge is -2.36. The molecule has 0 bridgehead atoms. The van der Waals surface area contributed by atoms with Crippen molar-refractivity contribution in [3.63, 3.8) is 0 Å². The van der Waals surface area contributed by atoms with E-state index in [4.69, 9.17) is 5.73 Å². The first-order chi connectivity index (χ1) is 20.6. The average molecular weight is 590 g/mol. The maximum Gasteiger partial charge on any atom is 0.250 e. The lowest BCUT2D eigenvalue weighted by molar-refractivity contribution is -0.126. The standard InChI is InChI=1S/C34H44FN5O3/c1-5-34(6-2)19-29-31(26-14-10-23(35)18-28(26)40(29)30(41)20-34)22-9-13-25(32(36)42)27(17-22)38-24-11-7-21(8-12-24)33(43)37-15-16-39(3)4/h9-10,13-14,17-18,21,24,38H,5-8,11-12,15-16,19-20H2,1-4H3,(H2,36,42)(H,37,43). The maximum atomic E-state index is 14.5. The smallest absolute Gasteiger partial charge is 0.250 e. The molecule has 1 saturated carbocycles. The number of carbonyl (C=O) groups excluding carboxylic acids is 3. The van der Waals surface area contributed by atoms with Crippen molar-refractivity contribution < 1.29 is 18.8 Å². The highest BCUT2D eigenvalue weighted by molar-refractivity contribution is 6.06. The Morgan fingerprint density at radius 1 is 1.05 bits per heavy atom. The topological polar surface area (TPSA) is 109 Å². The molecule has 1 aromatic heterocycles. The largest absolute Gasteiger partial charge is 0.382 e. The summed E-state index contributed by atoms with van der Waals surface area (Å²) in [5.74, 6) is -0.840. The van der Waals surface area contributed by atoms with E-state index in [0.717, 1.165) is 67.3 Å². The van der Waals surface area contributed by atoms with E-state index in [1.54, 1.807) is 16.7 Å². The second-order valence-corrected chi connectivity index (χ2v) is 12.7. The van der Waals surface area contributed by atoms with Crippen LogP contribution in [0.4, 0.5) is 10.1 Å². The number of primary amides is 1. The summed E-state index contributed by atoms with van der Waals surface area (Å²) in [7, 11) is 3.96. The summed E-state index contributed by atoms with van der Waals surface area (Å²) >= 11 is 0. The minimum Gasteiger partial charge on any atom is -0.382 e. The van der Waals surface area contributed by atoms with Crippen LogP contribution in [0, 0.1) is 17.2 Å². The Bertz CT molecular complexity index is 1530. The highest BCUT2D eigenvalue weighted by Gasteiger charge is 2.39. The van der Waals surface area contributed by atoms with E-state index < -0.39 is 5.91 Å². The van der Waals surface area contributed by atoms with Crippen LogP contribution in [0.25, 0.3) is 22.0 Å². The number of nitrogens with zero attached hydrogens (tertiary/aromatic N) is 2. The number of anilines is 1. The third-order valence-electron chi connectivity index (χ3n) is 9.74. The van der Waals surface area contributed by atoms with Gasteiger partial charge >= 0.3 is 0 Å². The normalized spacial score (nSPS) is 19.8. The third kappa shape index (κ3) is 6.18. The first-order valence-corrected chi connectivity index (χ1v) is 15.5. The quantitative estimate of drug-likeness (QED) is 0.286. The number of hydrogen-bond acceptors (Lipinski definition) is 5. The molecule has 2 aromatic carbocycles. The van der Waals surface area contributed by atoms with E-state index in [2.05, 4.69) is 24.5 Å². The van der Waals surface area contributed by atoms with Gasteiger partial charge in [0.05, 0.1) is 11.1 Å². The number of fused-ring (bicyclic) bond motifs is 3. The molecule has 0 atom stereocenters. The van der Waals surface area contributed by atoms with Gasteiger partial charge in [-0.3, -0.25) is 19.0 Å². The fourth-order valence-corrected chi connectivity index (χ4v) is 6.96. The predicted octanol–water partition coefficient (Wildman–Crippen LogP) is 5.59. The third-order valence-corrected chi connectivity index (χ3v) is 9.74. The summed E-state index contributed by atoms with van der Waals surface area (Å²) in [6.07, 6.45) is 5.98. The number of rotatable bonds is 10. The molecule has 4 N–H and O–H groups in total. The Labute approximate surface area is 253 Å². The Morgan fingerprint density at radius 3 is 2.42 bits per heavy atom. The van der Waals surface area contributed by atoms with Crippen molar-refractivity contribution in [3.05, 3.63) is 53.5 Å². The van der Waals surface area contributed by atoms with Crippen LogP contribution in [0.2, 0.25) is 0 Å². The van der Waals surface area contributed by atoms with Crippen molar-refractivity contribution in [1.82, 2.24) is 14.8 Å². The van der Waals surface area contributed by atoms with E-state index in [-0.39, 0.29) is 35.0 Å². The molecular weight excluding hydrogens is 545 g/mol. The molecule has 8 nitrogen and oxygen atoms in total. The highest BCUT2D eigenvalue weighted by atomic mass is 19.1. The van der Waals surface area contributed by atoms with Crippen molar-refractivity contribution in [2.24, 2.45) is 17.1 Å². The summed E-state index contributed by atoms with van der Waals surface area (Å²) in [5.41, 5.74) is 9.89. The Kier molecular flexibility index (Phi) is 8.92. The molecule has 3 aromatic rings. The zero-order chi connectivity index (χ0) is 30.9. The molecule has 0 radical (unpaired) electrons. The van der Waals surface area contributed by atoms with Gasteiger partial charge in [-0.15, -0.1) is 0 Å². The number of carbonyl (C=O) groups is 3. The fourth-order valence-electron chi connectivity index (χ4n) is 6.96. The molecule has 1 fully saturated rings. The molecule has 9 heteroatoms. The van der Waals surface area contributed by atoms with Gasteiger partial charge in [-0.05, 0) is 100 Å². The molecule has 2 heterocycles. The zero-order valence-electron chi connectivity index (χ0n) is 25.8. The van der Waals surface area contributed by atoms with Crippen molar-refractivity contribution in [1.29, 1.82) is 0 Å². The number of aromatic nitrogens is 1. The van der Waals surface area contributed by atoms with E-state index in [1.807, 2.05) is 31.1 Å². The van der Waals surface area contributed by atoms with Gasteiger partial charge in [0.25, 0.3) is 5.91 Å². The number of benzene rings is 2. The van der Waals surface area contributed by atoms with Gasteiger partial charge in [0, 0.05) is 53.8 Å². The van der Waals surface area contributed by atoms with Gasteiger partial charge in [0.15, 0.2) is 0 Å². The Morgan fingerprint density at radius 2 is 1.77 bits per heavy atom. The lowest BCUT2D eigenvalue weighted by atomic mass is 9.72. The molecular formula is C34H44FN5O3. The molecule has 43 heavy (non-hydrogen) atoms. The molecule has 1 aliphatic heterocycles. The van der Waals surface area contributed by atoms with Crippen LogP contribution in [-0.2, 0) is 11.2 Å². The molecule has 0 spiro atoms. The Balaban J connectivity index is 1.46. The van der Waals surface area contributed by atoms with Crippen LogP contribution in [-0.4, -0.2) is 60.4 Å². The molecule has 5 rings (SSSR count). The molecule has 2 amide bonds. The lowest BCUT2D eigenvalue weighted by Crippen LogP contribution is -2.38. The molecule has 2 aliphatic rings. The SMILES string of the molecule is CCC1(CC)CC(=O)n2c(c(-c3ccc(C(N)=O)c(NC4CCC(C(=O)NCCN(C)C)CC4)c3)c3ccc(F)cc32)C1. The van der Waals surface area contributed by atoms with Crippen molar-refractivity contribution in [2.45, 2.75) is 71.3 Å². The predicted molar refractivity (Wildman–Crippen MR) is 169 cm³/mol. The monoisotopic (exact) mass is 589 g/mol. The summed E-state index contributed by atoms with van der Waals surface area (Å²) in [6.45, 7) is 5.68.